The molecule has 0 aliphatic rings. The lowest BCUT2D eigenvalue weighted by molar-refractivity contribution is 0.355. The molecule has 23 heavy (non-hydrogen) atoms. The van der Waals surface area contributed by atoms with Gasteiger partial charge in [0.2, 0.25) is 0 Å². The number of ether oxygens (including phenoxy) is 2. The van der Waals surface area contributed by atoms with E-state index in [1.54, 1.807) is 25.1 Å². The second kappa shape index (κ2) is 6.34. The number of nitrogens with zero attached hydrogens (tertiary/aromatic N) is 2. The molecule has 0 amide bonds. The fraction of sp³-hybridized carbons (Fsp3) is 0.118. The Morgan fingerprint density at radius 3 is 2.35 bits per heavy atom. The second-order valence-corrected chi connectivity index (χ2v) is 5.82. The number of nitrogen functional groups attached to an aromatic ring is 1. The molecule has 0 unspecified atom stereocenters. The fourth-order valence-corrected chi connectivity index (χ4v) is 2.64. The molecule has 3 rings (SSSR count). The SMILES string of the molecule is COc1ccc(-c2cnn(-c3ccc(Br)cc3)c2N)cc1OC. The van der Waals surface area contributed by atoms with Gasteiger partial charge in [-0.05, 0) is 42.0 Å². The molecule has 1 heterocycles. The summed E-state index contributed by atoms with van der Waals surface area (Å²) in [6.45, 7) is 0. The van der Waals surface area contributed by atoms with Gasteiger partial charge in [-0.1, -0.05) is 22.0 Å². The molecule has 0 radical (unpaired) electrons. The Labute approximate surface area is 142 Å². The highest BCUT2D eigenvalue weighted by Gasteiger charge is 2.13. The van der Waals surface area contributed by atoms with Crippen molar-refractivity contribution in [3.63, 3.8) is 0 Å². The van der Waals surface area contributed by atoms with Gasteiger partial charge >= 0.3 is 0 Å². The van der Waals surface area contributed by atoms with Crippen molar-refractivity contribution in [1.82, 2.24) is 9.78 Å². The molecule has 118 valence electrons. The molecule has 0 saturated heterocycles. The number of rotatable bonds is 4. The lowest BCUT2D eigenvalue weighted by atomic mass is 10.1. The van der Waals surface area contributed by atoms with Gasteiger partial charge in [-0.2, -0.15) is 5.10 Å². The van der Waals surface area contributed by atoms with Crippen LogP contribution in [-0.2, 0) is 0 Å². The minimum absolute atomic E-state index is 0.569. The number of nitrogens with two attached hydrogens (primary N) is 1. The minimum Gasteiger partial charge on any atom is -0.493 e. The quantitative estimate of drug-likeness (QED) is 0.753. The molecular weight excluding hydrogens is 358 g/mol. The zero-order valence-electron chi connectivity index (χ0n) is 12.8. The van der Waals surface area contributed by atoms with Crippen LogP contribution in [0.1, 0.15) is 0 Å². The zero-order chi connectivity index (χ0) is 16.4. The average molecular weight is 374 g/mol. The Morgan fingerprint density at radius 1 is 1.00 bits per heavy atom. The molecule has 0 fully saturated rings. The topological polar surface area (TPSA) is 62.3 Å². The van der Waals surface area contributed by atoms with E-state index >= 15 is 0 Å². The van der Waals surface area contributed by atoms with Crippen LogP contribution in [0, 0.1) is 0 Å². The number of halogens is 1. The Balaban J connectivity index is 2.03. The van der Waals surface area contributed by atoms with Crippen molar-refractivity contribution >= 4 is 21.7 Å². The summed E-state index contributed by atoms with van der Waals surface area (Å²) in [5.41, 5.74) is 8.95. The Kier molecular flexibility index (Phi) is 4.25. The third-order valence-electron chi connectivity index (χ3n) is 3.57. The number of anilines is 1. The van der Waals surface area contributed by atoms with Gasteiger partial charge in [0, 0.05) is 10.0 Å². The van der Waals surface area contributed by atoms with E-state index in [9.17, 15) is 0 Å². The summed E-state index contributed by atoms with van der Waals surface area (Å²) in [5, 5.41) is 4.39. The van der Waals surface area contributed by atoms with Crippen molar-refractivity contribution in [3.8, 4) is 28.3 Å². The van der Waals surface area contributed by atoms with Gasteiger partial charge < -0.3 is 15.2 Å². The first-order chi connectivity index (χ1) is 11.1. The van der Waals surface area contributed by atoms with E-state index in [1.807, 2.05) is 42.5 Å². The van der Waals surface area contributed by atoms with Crippen LogP contribution in [0.15, 0.2) is 53.1 Å². The summed E-state index contributed by atoms with van der Waals surface area (Å²) in [7, 11) is 3.22. The van der Waals surface area contributed by atoms with E-state index in [4.69, 9.17) is 15.2 Å². The molecule has 5 nitrogen and oxygen atoms in total. The maximum absolute atomic E-state index is 6.28. The third-order valence-corrected chi connectivity index (χ3v) is 4.10. The van der Waals surface area contributed by atoms with Gasteiger partial charge in [-0.3, -0.25) is 0 Å². The lowest BCUT2D eigenvalue weighted by Crippen LogP contribution is -2.02. The van der Waals surface area contributed by atoms with Crippen molar-refractivity contribution < 1.29 is 9.47 Å². The van der Waals surface area contributed by atoms with Crippen LogP contribution in [0.3, 0.4) is 0 Å². The first kappa shape index (κ1) is 15.4. The molecule has 2 aromatic carbocycles. The van der Waals surface area contributed by atoms with Crippen LogP contribution in [0.4, 0.5) is 5.82 Å². The molecule has 2 N–H and O–H groups in total. The number of benzene rings is 2. The van der Waals surface area contributed by atoms with E-state index < -0.39 is 0 Å². The number of hydrogen-bond acceptors (Lipinski definition) is 4. The van der Waals surface area contributed by atoms with E-state index in [2.05, 4.69) is 21.0 Å². The molecule has 1 aromatic heterocycles. The molecule has 6 heteroatoms. The molecule has 0 aliphatic carbocycles. The predicted molar refractivity (Wildman–Crippen MR) is 94.2 cm³/mol. The van der Waals surface area contributed by atoms with Gasteiger partial charge in [0.25, 0.3) is 0 Å². The summed E-state index contributed by atoms with van der Waals surface area (Å²) in [4.78, 5) is 0. The number of methoxy groups -OCH3 is 2. The first-order valence-corrected chi connectivity index (χ1v) is 7.75. The average Bonchev–Trinajstić information content (AvgIpc) is 2.96. The maximum atomic E-state index is 6.28. The van der Waals surface area contributed by atoms with Crippen LogP contribution in [0.25, 0.3) is 16.8 Å². The highest BCUT2D eigenvalue weighted by atomic mass is 79.9. The smallest absolute Gasteiger partial charge is 0.161 e. The van der Waals surface area contributed by atoms with Gasteiger partial charge in [-0.15, -0.1) is 0 Å². The van der Waals surface area contributed by atoms with Gasteiger partial charge in [0.1, 0.15) is 5.82 Å². The van der Waals surface area contributed by atoms with E-state index in [0.29, 0.717) is 17.3 Å². The van der Waals surface area contributed by atoms with Crippen molar-refractivity contribution in [2.45, 2.75) is 0 Å². The Hall–Kier alpha value is -2.47. The second-order valence-electron chi connectivity index (χ2n) is 4.90. The van der Waals surface area contributed by atoms with Crippen LogP contribution in [0.5, 0.6) is 11.5 Å². The summed E-state index contributed by atoms with van der Waals surface area (Å²) >= 11 is 3.42. The highest BCUT2D eigenvalue weighted by Crippen LogP contribution is 2.35. The normalized spacial score (nSPS) is 10.6. The van der Waals surface area contributed by atoms with Gasteiger partial charge in [-0.25, -0.2) is 4.68 Å². The lowest BCUT2D eigenvalue weighted by Gasteiger charge is -2.10. The van der Waals surface area contributed by atoms with Crippen molar-refractivity contribution in [3.05, 3.63) is 53.1 Å². The molecular formula is C17H16BrN3O2. The summed E-state index contributed by atoms with van der Waals surface area (Å²) in [6.07, 6.45) is 1.75. The Morgan fingerprint density at radius 2 is 1.70 bits per heavy atom. The maximum Gasteiger partial charge on any atom is 0.161 e. The Bertz CT molecular complexity index is 828. The van der Waals surface area contributed by atoms with Gasteiger partial charge in [0.05, 0.1) is 26.1 Å². The van der Waals surface area contributed by atoms with E-state index in [1.165, 1.54) is 0 Å². The monoisotopic (exact) mass is 373 g/mol. The van der Waals surface area contributed by atoms with Crippen LogP contribution in [-0.4, -0.2) is 24.0 Å². The number of aromatic nitrogens is 2. The fourth-order valence-electron chi connectivity index (χ4n) is 2.37. The molecule has 0 spiro atoms. The summed E-state index contributed by atoms with van der Waals surface area (Å²) in [6, 6.07) is 13.5. The van der Waals surface area contributed by atoms with Crippen molar-refractivity contribution in [1.29, 1.82) is 0 Å². The van der Waals surface area contributed by atoms with Crippen molar-refractivity contribution in [2.75, 3.05) is 20.0 Å². The standard InChI is InChI=1S/C17H16BrN3O2/c1-22-15-8-3-11(9-16(15)23-2)14-10-20-21(17(14)19)13-6-4-12(18)5-7-13/h3-10H,19H2,1-2H3. The van der Waals surface area contributed by atoms with Gasteiger partial charge in [0.15, 0.2) is 11.5 Å². The molecule has 0 bridgehead atoms. The minimum atomic E-state index is 0.569. The molecule has 0 atom stereocenters. The van der Waals surface area contributed by atoms with Crippen LogP contribution >= 0.6 is 15.9 Å². The summed E-state index contributed by atoms with van der Waals surface area (Å²) in [5.74, 6) is 1.90. The number of hydrogen-bond donors (Lipinski definition) is 1. The molecule has 0 saturated carbocycles. The third kappa shape index (κ3) is 2.90. The van der Waals surface area contributed by atoms with Crippen molar-refractivity contribution in [2.24, 2.45) is 0 Å². The first-order valence-electron chi connectivity index (χ1n) is 6.96. The largest absolute Gasteiger partial charge is 0.493 e. The highest BCUT2D eigenvalue weighted by molar-refractivity contribution is 9.10. The van der Waals surface area contributed by atoms with Crippen LogP contribution in [0.2, 0.25) is 0 Å². The summed E-state index contributed by atoms with van der Waals surface area (Å²) < 4.78 is 13.3. The molecule has 3 aromatic rings. The van der Waals surface area contributed by atoms with E-state index in [0.717, 1.165) is 21.3 Å². The zero-order valence-corrected chi connectivity index (χ0v) is 14.4. The van der Waals surface area contributed by atoms with E-state index in [-0.39, 0.29) is 0 Å². The molecule has 0 aliphatic heterocycles. The predicted octanol–water partition coefficient (Wildman–Crippen LogP) is 3.90. The van der Waals surface area contributed by atoms with Crippen LogP contribution < -0.4 is 15.2 Å².